The largest absolute Gasteiger partial charge is 0.488 e. The Morgan fingerprint density at radius 3 is 2.51 bits per heavy atom. The van der Waals surface area contributed by atoms with E-state index < -0.39 is 29.7 Å². The van der Waals surface area contributed by atoms with Crippen molar-refractivity contribution in [2.45, 2.75) is 52.4 Å². The van der Waals surface area contributed by atoms with Gasteiger partial charge in [-0.15, -0.1) is 21.5 Å². The van der Waals surface area contributed by atoms with E-state index in [4.69, 9.17) is 21.3 Å². The van der Waals surface area contributed by atoms with Gasteiger partial charge in [0.2, 0.25) is 11.8 Å². The van der Waals surface area contributed by atoms with Crippen LogP contribution >= 0.6 is 22.9 Å². The summed E-state index contributed by atoms with van der Waals surface area (Å²) >= 11 is 7.79. The number of piperidine rings is 1. The first-order valence-electron chi connectivity index (χ1n) is 18.1. The minimum absolute atomic E-state index is 0.0480. The van der Waals surface area contributed by atoms with E-state index in [-0.39, 0.29) is 36.3 Å². The molecular weight excluding hydrogens is 764 g/mol. The van der Waals surface area contributed by atoms with E-state index >= 15 is 0 Å². The lowest BCUT2D eigenvalue weighted by Gasteiger charge is -2.27. The summed E-state index contributed by atoms with van der Waals surface area (Å²) in [6, 6.07) is 19.3. The maximum atomic E-state index is 13.4. The maximum Gasteiger partial charge on any atom is 0.266 e. The molecule has 0 spiro atoms. The molecule has 1 N–H and O–H groups in total. The van der Waals surface area contributed by atoms with Crippen LogP contribution in [-0.4, -0.2) is 64.8 Å². The number of rotatable bonds is 7. The monoisotopic (exact) mass is 794 g/mol. The van der Waals surface area contributed by atoms with Crippen LogP contribution < -0.4 is 10.1 Å². The third kappa shape index (κ3) is 6.60. The molecule has 3 aliphatic heterocycles. The summed E-state index contributed by atoms with van der Waals surface area (Å²) in [6.07, 6.45) is 3.79. The highest BCUT2D eigenvalue weighted by atomic mass is 35.5. The molecule has 13 nitrogen and oxygen atoms in total. The van der Waals surface area contributed by atoms with Crippen LogP contribution in [0.1, 0.15) is 83.5 Å². The predicted molar refractivity (Wildman–Crippen MR) is 211 cm³/mol. The van der Waals surface area contributed by atoms with Crippen molar-refractivity contribution in [1.82, 2.24) is 34.8 Å². The first-order chi connectivity index (χ1) is 27.6. The molecule has 3 aromatic heterocycles. The third-order valence-electron chi connectivity index (χ3n) is 10.1. The Balaban J connectivity index is 0.880. The van der Waals surface area contributed by atoms with Gasteiger partial charge in [-0.2, -0.15) is 5.10 Å². The van der Waals surface area contributed by atoms with Gasteiger partial charge in [-0.3, -0.25) is 43.6 Å². The van der Waals surface area contributed by atoms with Crippen molar-refractivity contribution in [3.63, 3.8) is 0 Å². The number of halogens is 1. The number of benzene rings is 3. The molecule has 0 bridgehead atoms. The number of nitrogens with zero attached hydrogens (tertiary/aromatic N) is 7. The average molecular weight is 795 g/mol. The maximum absolute atomic E-state index is 13.4. The number of nitrogens with one attached hydrogen (secondary N) is 1. The number of aryl methyl sites for hydroxylation is 1. The fourth-order valence-electron chi connectivity index (χ4n) is 7.24. The minimum atomic E-state index is -1.05. The van der Waals surface area contributed by atoms with Crippen molar-refractivity contribution in [2.75, 3.05) is 0 Å². The summed E-state index contributed by atoms with van der Waals surface area (Å²) in [6.45, 7) is 5.08. The van der Waals surface area contributed by atoms with Crippen LogP contribution in [0.2, 0.25) is 5.02 Å². The Bertz CT molecular complexity index is 2750. The number of aliphatic imine (C=N–C) groups is 1. The highest BCUT2D eigenvalue weighted by molar-refractivity contribution is 7.15. The molecule has 3 aliphatic rings. The first-order valence-corrected chi connectivity index (χ1v) is 19.3. The van der Waals surface area contributed by atoms with Crippen molar-refractivity contribution in [3.8, 4) is 22.6 Å². The SMILES string of the molecule is Cc1c(C#Cc2cnn(Cc3ccc(COc4cccc5c4C(=O)N(C4CCC(=O)NC4=O)C5=O)cc3)c2)sc2c1C(c1ccc(Cl)cc1)=NCc1nnc(C)n1-2. The summed E-state index contributed by atoms with van der Waals surface area (Å²) in [5, 5.41) is 17.1. The first kappa shape index (κ1) is 36.0. The second kappa shape index (κ2) is 14.4. The highest BCUT2D eigenvalue weighted by Gasteiger charge is 2.46. The minimum Gasteiger partial charge on any atom is -0.488 e. The Labute approximate surface area is 335 Å². The summed E-state index contributed by atoms with van der Waals surface area (Å²) in [4.78, 5) is 57.5. The molecule has 1 fully saturated rings. The van der Waals surface area contributed by atoms with Gasteiger partial charge in [-0.25, -0.2) is 0 Å². The lowest BCUT2D eigenvalue weighted by molar-refractivity contribution is -0.136. The van der Waals surface area contributed by atoms with Crippen LogP contribution in [-0.2, 0) is 29.3 Å². The van der Waals surface area contributed by atoms with E-state index in [9.17, 15) is 19.2 Å². The zero-order valence-corrected chi connectivity index (χ0v) is 32.1. The zero-order chi connectivity index (χ0) is 39.4. The van der Waals surface area contributed by atoms with Crippen molar-refractivity contribution in [1.29, 1.82) is 0 Å². The standard InChI is InChI=1S/C42H31ClN8O5S/c1-23-33(57-42-36(23)38(28-11-13-29(43)14-12-28)44-19-34-48-47-24(2)50(34)42)16-10-27-18-45-49(21-27)20-25-6-8-26(9-7-25)22-56-32-5-3-4-30-37(32)41(55)51(40(30)54)31-15-17-35(52)46-39(31)53/h3-9,11-14,18,21,31H,15,17,19-20,22H2,1-2H3,(H,46,52,53). The van der Waals surface area contributed by atoms with Gasteiger partial charge in [0.1, 0.15) is 35.8 Å². The lowest BCUT2D eigenvalue weighted by atomic mass is 10.00. The molecular formula is C42H31ClN8O5S. The molecule has 0 radical (unpaired) electrons. The van der Waals surface area contributed by atoms with Crippen LogP contribution in [0.25, 0.3) is 5.00 Å². The number of hydrogen-bond donors (Lipinski definition) is 1. The number of amides is 4. The van der Waals surface area contributed by atoms with Crippen LogP contribution in [0.4, 0.5) is 0 Å². The number of fused-ring (bicyclic) bond motifs is 4. The molecule has 1 unspecified atom stereocenters. The molecule has 6 heterocycles. The molecule has 282 valence electrons. The molecule has 3 aromatic carbocycles. The van der Waals surface area contributed by atoms with Crippen molar-refractivity contribution >= 4 is 52.3 Å². The molecule has 57 heavy (non-hydrogen) atoms. The molecule has 1 saturated heterocycles. The van der Waals surface area contributed by atoms with Gasteiger partial charge in [-0.1, -0.05) is 65.9 Å². The summed E-state index contributed by atoms with van der Waals surface area (Å²) < 4.78 is 9.94. The molecule has 4 amide bonds. The molecule has 9 rings (SSSR count). The molecule has 0 saturated carbocycles. The van der Waals surface area contributed by atoms with E-state index in [1.54, 1.807) is 29.7 Å². The number of aromatic nitrogens is 5. The van der Waals surface area contributed by atoms with Gasteiger partial charge in [-0.05, 0) is 61.2 Å². The molecule has 15 heteroatoms. The van der Waals surface area contributed by atoms with E-state index in [0.29, 0.717) is 18.1 Å². The molecule has 6 aromatic rings. The van der Waals surface area contributed by atoms with Crippen molar-refractivity contribution < 1.29 is 23.9 Å². The fraction of sp³-hybridized carbons (Fsp3) is 0.190. The number of thiophene rings is 1. The normalized spacial score (nSPS) is 15.9. The van der Waals surface area contributed by atoms with Crippen LogP contribution in [0, 0.1) is 25.7 Å². The number of hydrogen-bond acceptors (Lipinski definition) is 10. The summed E-state index contributed by atoms with van der Waals surface area (Å²) in [5.41, 5.74) is 6.78. The number of carbonyl (C=O) groups is 4. The van der Waals surface area contributed by atoms with Gasteiger partial charge in [0, 0.05) is 28.8 Å². The van der Waals surface area contributed by atoms with Crippen LogP contribution in [0.5, 0.6) is 5.75 Å². The molecule has 0 aliphatic carbocycles. The summed E-state index contributed by atoms with van der Waals surface area (Å²) in [5.74, 6) is 6.21. The van der Waals surface area contributed by atoms with E-state index in [1.165, 1.54) is 6.07 Å². The molecule has 1 atom stereocenters. The second-order valence-corrected chi connectivity index (χ2v) is 15.3. The average Bonchev–Trinajstić information content (AvgIpc) is 3.93. The number of ether oxygens (including phenoxy) is 1. The van der Waals surface area contributed by atoms with Gasteiger partial charge in [0.05, 0.1) is 40.0 Å². The van der Waals surface area contributed by atoms with Crippen molar-refractivity contribution in [2.24, 2.45) is 4.99 Å². The Kier molecular flexibility index (Phi) is 9.11. The van der Waals surface area contributed by atoms with Gasteiger partial charge in [0.25, 0.3) is 11.8 Å². The number of imide groups is 2. The Hall–Kier alpha value is -6.69. The van der Waals surface area contributed by atoms with Crippen molar-refractivity contribution in [3.05, 3.63) is 145 Å². The summed E-state index contributed by atoms with van der Waals surface area (Å²) in [7, 11) is 0. The predicted octanol–water partition coefficient (Wildman–Crippen LogP) is 5.57. The fourth-order valence-corrected chi connectivity index (χ4v) is 8.59. The van der Waals surface area contributed by atoms with Gasteiger partial charge >= 0.3 is 0 Å². The lowest BCUT2D eigenvalue weighted by Crippen LogP contribution is -2.54. The third-order valence-corrected chi connectivity index (χ3v) is 11.5. The Morgan fingerprint density at radius 1 is 0.930 bits per heavy atom. The topological polar surface area (TPSA) is 154 Å². The van der Waals surface area contributed by atoms with Crippen LogP contribution in [0.15, 0.2) is 84.1 Å². The van der Waals surface area contributed by atoms with Crippen LogP contribution in [0.3, 0.4) is 0 Å². The van der Waals surface area contributed by atoms with E-state index in [2.05, 4.69) is 43.9 Å². The second-order valence-electron chi connectivity index (χ2n) is 13.8. The van der Waals surface area contributed by atoms with E-state index in [1.807, 2.05) is 66.3 Å². The quantitative estimate of drug-likeness (QED) is 0.163. The van der Waals surface area contributed by atoms with E-state index in [0.717, 1.165) is 65.5 Å². The highest BCUT2D eigenvalue weighted by Crippen LogP contribution is 2.37. The zero-order valence-electron chi connectivity index (χ0n) is 30.6. The smallest absolute Gasteiger partial charge is 0.266 e. The number of carbonyl (C=O) groups excluding carboxylic acids is 4. The Morgan fingerprint density at radius 2 is 1.72 bits per heavy atom. The van der Waals surface area contributed by atoms with Gasteiger partial charge < -0.3 is 4.74 Å². The van der Waals surface area contributed by atoms with Gasteiger partial charge in [0.15, 0.2) is 5.82 Å².